The van der Waals surface area contributed by atoms with Crippen LogP contribution in [0.4, 0.5) is 34.1 Å². The number of anilines is 6. The molecule has 8 rings (SSSR count). The van der Waals surface area contributed by atoms with Gasteiger partial charge in [-0.2, -0.15) is 0 Å². The second-order valence-electron chi connectivity index (χ2n) is 11.9. The second kappa shape index (κ2) is 10.8. The molecule has 0 spiro atoms. The average molecular weight is 581 g/mol. The third kappa shape index (κ3) is 4.46. The minimum absolute atomic E-state index is 0.125. The maximum atomic E-state index is 4.94. The highest BCUT2D eigenvalue weighted by Crippen LogP contribution is 2.52. The van der Waals surface area contributed by atoms with Crippen molar-refractivity contribution in [1.29, 1.82) is 0 Å². The van der Waals surface area contributed by atoms with Crippen LogP contribution in [0.2, 0.25) is 0 Å². The normalized spacial score (nSPS) is 13.2. The van der Waals surface area contributed by atoms with Gasteiger partial charge in [0.15, 0.2) is 0 Å². The molecule has 0 saturated carbocycles. The van der Waals surface area contributed by atoms with Gasteiger partial charge in [-0.05, 0) is 77.4 Å². The summed E-state index contributed by atoms with van der Waals surface area (Å²) in [7, 11) is 0. The molecule has 4 heteroatoms. The Morgan fingerprint density at radius 2 is 0.956 bits per heavy atom. The minimum Gasteiger partial charge on any atom is -0.311 e. The largest absolute Gasteiger partial charge is 0.311 e. The highest BCUT2D eigenvalue weighted by Gasteiger charge is 2.37. The highest BCUT2D eigenvalue weighted by molar-refractivity contribution is 6.03. The van der Waals surface area contributed by atoms with Crippen LogP contribution in [0.3, 0.4) is 0 Å². The molecule has 1 aliphatic heterocycles. The van der Waals surface area contributed by atoms with Crippen LogP contribution in [0.1, 0.15) is 25.0 Å². The Morgan fingerprint density at radius 1 is 0.467 bits per heavy atom. The van der Waals surface area contributed by atoms with Gasteiger partial charge in [-0.25, -0.2) is 0 Å². The van der Waals surface area contributed by atoms with Crippen LogP contribution in [0.5, 0.6) is 0 Å². The van der Waals surface area contributed by atoms with Crippen molar-refractivity contribution in [3.05, 3.63) is 169 Å². The van der Waals surface area contributed by atoms with E-state index in [1.54, 1.807) is 12.4 Å². The van der Waals surface area contributed by atoms with Gasteiger partial charge >= 0.3 is 0 Å². The molecule has 45 heavy (non-hydrogen) atoms. The van der Waals surface area contributed by atoms with Crippen molar-refractivity contribution in [2.45, 2.75) is 19.3 Å². The molecule has 4 nitrogen and oxygen atoms in total. The molecule has 7 aromatic rings. The summed E-state index contributed by atoms with van der Waals surface area (Å²) in [5.74, 6) is 0. The van der Waals surface area contributed by atoms with E-state index in [9.17, 15) is 0 Å². The van der Waals surface area contributed by atoms with Crippen LogP contribution in [0, 0.1) is 0 Å². The van der Waals surface area contributed by atoms with Crippen LogP contribution in [0.25, 0.3) is 22.2 Å². The Bertz CT molecular complexity index is 2050. The fourth-order valence-corrected chi connectivity index (χ4v) is 6.78. The first-order chi connectivity index (χ1) is 22.1. The van der Waals surface area contributed by atoms with Crippen LogP contribution in [0.15, 0.2) is 158 Å². The number of benzene rings is 6. The van der Waals surface area contributed by atoms with Crippen molar-refractivity contribution in [2.24, 2.45) is 0 Å². The fraction of sp³-hybridized carbons (Fsp3) is 0.0732. The van der Waals surface area contributed by atoms with Crippen molar-refractivity contribution in [3.63, 3.8) is 0 Å². The van der Waals surface area contributed by atoms with E-state index >= 15 is 0 Å². The monoisotopic (exact) mass is 580 g/mol. The first-order valence-electron chi connectivity index (χ1n) is 15.3. The van der Waals surface area contributed by atoms with Gasteiger partial charge in [0.25, 0.3) is 0 Å². The predicted octanol–water partition coefficient (Wildman–Crippen LogP) is 10.9. The lowest BCUT2D eigenvalue weighted by Crippen LogP contribution is -2.30. The third-order valence-corrected chi connectivity index (χ3v) is 8.95. The van der Waals surface area contributed by atoms with Gasteiger partial charge in [0.1, 0.15) is 5.52 Å². The van der Waals surface area contributed by atoms with Crippen LogP contribution in [-0.2, 0) is 5.41 Å². The Morgan fingerprint density at radius 3 is 1.53 bits per heavy atom. The summed E-state index contributed by atoms with van der Waals surface area (Å²) >= 11 is 0. The Labute approximate surface area is 263 Å². The zero-order valence-electron chi connectivity index (χ0n) is 25.3. The zero-order valence-corrected chi connectivity index (χ0v) is 25.3. The SMILES string of the molecule is CC1(C)c2ccccc2N(c2ccc(-c3ccc(N(c4ccccc4)c4ccccc4)cc3)c3nccnc23)c2ccccc21. The van der Waals surface area contributed by atoms with E-state index in [2.05, 4.69) is 157 Å². The van der Waals surface area contributed by atoms with Crippen LogP contribution < -0.4 is 9.80 Å². The van der Waals surface area contributed by atoms with Crippen molar-refractivity contribution < 1.29 is 0 Å². The van der Waals surface area contributed by atoms with Crippen LogP contribution in [-0.4, -0.2) is 9.97 Å². The average Bonchev–Trinajstić information content (AvgIpc) is 3.10. The number of hydrogen-bond donors (Lipinski definition) is 0. The van der Waals surface area contributed by atoms with Gasteiger partial charge in [-0.1, -0.05) is 98.8 Å². The summed E-state index contributed by atoms with van der Waals surface area (Å²) in [6.45, 7) is 4.62. The van der Waals surface area contributed by atoms with E-state index < -0.39 is 0 Å². The van der Waals surface area contributed by atoms with E-state index in [0.717, 1.165) is 44.9 Å². The van der Waals surface area contributed by atoms with Crippen molar-refractivity contribution in [1.82, 2.24) is 9.97 Å². The summed E-state index contributed by atoms with van der Waals surface area (Å²) in [4.78, 5) is 14.5. The first-order valence-corrected chi connectivity index (χ1v) is 15.3. The van der Waals surface area contributed by atoms with Gasteiger partial charge in [0.2, 0.25) is 0 Å². The Kier molecular flexibility index (Phi) is 6.42. The maximum Gasteiger partial charge on any atom is 0.113 e. The molecule has 216 valence electrons. The number of rotatable bonds is 5. The first kappa shape index (κ1) is 26.9. The Hall–Kier alpha value is -5.74. The zero-order chi connectivity index (χ0) is 30.4. The van der Waals surface area contributed by atoms with Gasteiger partial charge < -0.3 is 9.80 Å². The summed E-state index contributed by atoms with van der Waals surface area (Å²) < 4.78 is 0. The molecule has 0 fully saturated rings. The molecule has 0 N–H and O–H groups in total. The van der Waals surface area contributed by atoms with Gasteiger partial charge in [-0.15, -0.1) is 0 Å². The summed E-state index contributed by atoms with van der Waals surface area (Å²) in [6, 6.07) is 51.5. The summed E-state index contributed by atoms with van der Waals surface area (Å²) in [5.41, 5.74) is 13.0. The van der Waals surface area contributed by atoms with E-state index in [-0.39, 0.29) is 5.41 Å². The maximum absolute atomic E-state index is 4.94. The minimum atomic E-state index is -0.125. The quantitative estimate of drug-likeness (QED) is 0.203. The highest BCUT2D eigenvalue weighted by atomic mass is 15.2. The van der Waals surface area contributed by atoms with Gasteiger partial charge in [-0.3, -0.25) is 9.97 Å². The smallest absolute Gasteiger partial charge is 0.113 e. The lowest BCUT2D eigenvalue weighted by Gasteiger charge is -2.42. The molecule has 6 aromatic carbocycles. The predicted molar refractivity (Wildman–Crippen MR) is 186 cm³/mol. The van der Waals surface area contributed by atoms with E-state index in [1.165, 1.54) is 22.5 Å². The molecule has 1 aromatic heterocycles. The van der Waals surface area contributed by atoms with E-state index in [0.29, 0.717) is 0 Å². The van der Waals surface area contributed by atoms with Crippen molar-refractivity contribution in [3.8, 4) is 11.1 Å². The number of para-hydroxylation sites is 4. The van der Waals surface area contributed by atoms with Crippen LogP contribution >= 0.6 is 0 Å². The number of hydrogen-bond acceptors (Lipinski definition) is 4. The molecular weight excluding hydrogens is 548 g/mol. The summed E-state index contributed by atoms with van der Waals surface area (Å²) in [6.07, 6.45) is 3.58. The third-order valence-electron chi connectivity index (χ3n) is 8.95. The topological polar surface area (TPSA) is 32.3 Å². The number of aromatic nitrogens is 2. The lowest BCUT2D eigenvalue weighted by atomic mass is 9.73. The molecule has 0 radical (unpaired) electrons. The van der Waals surface area contributed by atoms with E-state index in [1.807, 2.05) is 12.1 Å². The molecular formula is C41H32N4. The van der Waals surface area contributed by atoms with Gasteiger partial charge in [0.05, 0.1) is 22.6 Å². The number of fused-ring (bicyclic) bond motifs is 3. The molecule has 0 amide bonds. The number of nitrogens with zero attached hydrogens (tertiary/aromatic N) is 4. The molecule has 0 atom stereocenters. The molecule has 2 heterocycles. The molecule has 0 unspecified atom stereocenters. The van der Waals surface area contributed by atoms with Crippen molar-refractivity contribution in [2.75, 3.05) is 9.80 Å². The van der Waals surface area contributed by atoms with Crippen molar-refractivity contribution >= 4 is 45.2 Å². The second-order valence-corrected chi connectivity index (χ2v) is 11.9. The fourth-order valence-electron chi connectivity index (χ4n) is 6.78. The lowest BCUT2D eigenvalue weighted by molar-refractivity contribution is 0.632. The standard InChI is InChI=1S/C41H32N4/c1-41(2)34-17-9-11-19-36(34)45(37-20-12-10-18-35(37)41)38-26-25-33(39-40(38)43-28-27-42-39)29-21-23-32(24-22-29)44(30-13-5-3-6-14-30)31-15-7-4-8-16-31/h3-28H,1-2H3. The van der Waals surface area contributed by atoms with E-state index in [4.69, 9.17) is 9.97 Å². The van der Waals surface area contributed by atoms with Gasteiger partial charge in [0, 0.05) is 40.4 Å². The summed E-state index contributed by atoms with van der Waals surface area (Å²) in [5, 5.41) is 0. The molecule has 0 bridgehead atoms. The molecule has 0 saturated heterocycles. The Balaban J connectivity index is 1.25. The molecule has 0 aliphatic carbocycles. The molecule has 1 aliphatic rings.